The zero-order valence-corrected chi connectivity index (χ0v) is 9.71. The minimum Gasteiger partial charge on any atom is -0.353 e. The average molecular weight is 248 g/mol. The van der Waals surface area contributed by atoms with E-state index in [0.29, 0.717) is 13.1 Å². The Morgan fingerprint density at radius 3 is 2.94 bits per heavy atom. The SMILES string of the molecule is CC1C(=O)NCCN1C(=O)NC(=O)CCCl. The van der Waals surface area contributed by atoms with Crippen LogP contribution in [0, 0.1) is 0 Å². The number of hydrogen-bond acceptors (Lipinski definition) is 3. The van der Waals surface area contributed by atoms with Crippen LogP contribution in [0.4, 0.5) is 4.79 Å². The van der Waals surface area contributed by atoms with Crippen LogP contribution < -0.4 is 10.6 Å². The monoisotopic (exact) mass is 247 g/mol. The summed E-state index contributed by atoms with van der Waals surface area (Å²) in [4.78, 5) is 35.4. The molecule has 6 nitrogen and oxygen atoms in total. The quantitative estimate of drug-likeness (QED) is 0.656. The highest BCUT2D eigenvalue weighted by atomic mass is 35.5. The van der Waals surface area contributed by atoms with E-state index in [-0.39, 0.29) is 18.2 Å². The molecule has 0 aromatic carbocycles. The first-order valence-electron chi connectivity index (χ1n) is 5.00. The second kappa shape index (κ2) is 5.69. The lowest BCUT2D eigenvalue weighted by Crippen LogP contribution is -2.58. The van der Waals surface area contributed by atoms with Gasteiger partial charge in [-0.3, -0.25) is 14.9 Å². The number of nitrogens with one attached hydrogen (secondary N) is 2. The second-order valence-corrected chi connectivity index (χ2v) is 3.83. The Balaban J connectivity index is 2.52. The Morgan fingerprint density at radius 1 is 1.62 bits per heavy atom. The van der Waals surface area contributed by atoms with Crippen LogP contribution >= 0.6 is 11.6 Å². The minimum absolute atomic E-state index is 0.0850. The van der Waals surface area contributed by atoms with Crippen LogP contribution in [0.25, 0.3) is 0 Å². The fourth-order valence-electron chi connectivity index (χ4n) is 1.40. The Hall–Kier alpha value is -1.30. The highest BCUT2D eigenvalue weighted by Crippen LogP contribution is 2.03. The topological polar surface area (TPSA) is 78.5 Å². The van der Waals surface area contributed by atoms with Gasteiger partial charge in [-0.05, 0) is 6.92 Å². The van der Waals surface area contributed by atoms with Gasteiger partial charge >= 0.3 is 6.03 Å². The summed E-state index contributed by atoms with van der Waals surface area (Å²) in [5.41, 5.74) is 0. The van der Waals surface area contributed by atoms with Crippen molar-refractivity contribution in [2.45, 2.75) is 19.4 Å². The maximum atomic E-state index is 11.6. The number of carbonyl (C=O) groups is 3. The van der Waals surface area contributed by atoms with Crippen LogP contribution in [0.15, 0.2) is 0 Å². The molecule has 1 saturated heterocycles. The number of nitrogens with zero attached hydrogens (tertiary/aromatic N) is 1. The van der Waals surface area contributed by atoms with Gasteiger partial charge in [-0.1, -0.05) is 0 Å². The number of amides is 4. The molecule has 1 atom stereocenters. The largest absolute Gasteiger partial charge is 0.353 e. The lowest BCUT2D eigenvalue weighted by atomic mass is 10.2. The molecule has 4 amide bonds. The highest BCUT2D eigenvalue weighted by molar-refractivity contribution is 6.19. The number of piperazine rings is 1. The van der Waals surface area contributed by atoms with E-state index in [9.17, 15) is 14.4 Å². The zero-order valence-electron chi connectivity index (χ0n) is 8.96. The third-order valence-corrected chi connectivity index (χ3v) is 2.52. The van der Waals surface area contributed by atoms with Crippen molar-refractivity contribution < 1.29 is 14.4 Å². The number of carbonyl (C=O) groups excluding carboxylic acids is 3. The minimum atomic E-state index is -0.558. The van der Waals surface area contributed by atoms with Crippen LogP contribution in [-0.4, -0.2) is 47.8 Å². The van der Waals surface area contributed by atoms with Crippen LogP contribution in [0.5, 0.6) is 0 Å². The number of alkyl halides is 1. The molecular weight excluding hydrogens is 234 g/mol. The van der Waals surface area contributed by atoms with Crippen molar-refractivity contribution in [3.63, 3.8) is 0 Å². The molecular formula is C9H14ClN3O3. The lowest BCUT2D eigenvalue weighted by Gasteiger charge is -2.32. The van der Waals surface area contributed by atoms with E-state index in [0.717, 1.165) is 0 Å². The molecule has 1 aliphatic heterocycles. The first-order valence-corrected chi connectivity index (χ1v) is 5.54. The van der Waals surface area contributed by atoms with E-state index in [2.05, 4.69) is 10.6 Å². The van der Waals surface area contributed by atoms with Gasteiger partial charge in [0.15, 0.2) is 0 Å². The fourth-order valence-corrected chi connectivity index (χ4v) is 1.57. The van der Waals surface area contributed by atoms with Crippen LogP contribution in [-0.2, 0) is 9.59 Å². The first kappa shape index (κ1) is 12.8. The van der Waals surface area contributed by atoms with Gasteiger partial charge in [-0.25, -0.2) is 4.79 Å². The Bertz CT molecular complexity index is 308. The highest BCUT2D eigenvalue weighted by Gasteiger charge is 2.29. The molecule has 1 rings (SSSR count). The maximum absolute atomic E-state index is 11.6. The smallest absolute Gasteiger partial charge is 0.324 e. The first-order chi connectivity index (χ1) is 7.56. The third kappa shape index (κ3) is 3.10. The van der Waals surface area contributed by atoms with Crippen molar-refractivity contribution in [1.82, 2.24) is 15.5 Å². The zero-order chi connectivity index (χ0) is 12.1. The maximum Gasteiger partial charge on any atom is 0.324 e. The molecule has 0 aromatic rings. The van der Waals surface area contributed by atoms with Gasteiger partial charge in [0.25, 0.3) is 0 Å². The molecule has 0 aromatic heterocycles. The summed E-state index contributed by atoms with van der Waals surface area (Å²) in [6.07, 6.45) is 0.0850. The summed E-state index contributed by atoms with van der Waals surface area (Å²) in [5.74, 6) is -0.487. The third-order valence-electron chi connectivity index (χ3n) is 2.33. The molecule has 1 unspecified atom stereocenters. The summed E-state index contributed by atoms with van der Waals surface area (Å²) in [6, 6.07) is -1.10. The molecule has 0 aliphatic carbocycles. The summed E-state index contributed by atoms with van der Waals surface area (Å²) < 4.78 is 0. The summed E-state index contributed by atoms with van der Waals surface area (Å²) in [7, 11) is 0. The molecule has 0 saturated carbocycles. The van der Waals surface area contributed by atoms with E-state index in [1.807, 2.05) is 0 Å². The van der Waals surface area contributed by atoms with Gasteiger partial charge in [0.2, 0.25) is 11.8 Å². The van der Waals surface area contributed by atoms with Crippen molar-refractivity contribution in [2.24, 2.45) is 0 Å². The Labute approximate surface area is 98.3 Å². The number of imide groups is 1. The van der Waals surface area contributed by atoms with Crippen LogP contribution in [0.3, 0.4) is 0 Å². The van der Waals surface area contributed by atoms with Gasteiger partial charge in [0, 0.05) is 25.4 Å². The van der Waals surface area contributed by atoms with Crippen molar-refractivity contribution in [3.05, 3.63) is 0 Å². The number of urea groups is 1. The standard InChI is InChI=1S/C9H14ClN3O3/c1-6-8(15)11-4-5-13(6)9(16)12-7(14)2-3-10/h6H,2-5H2,1H3,(H,11,15)(H,12,14,16). The average Bonchev–Trinajstić information content (AvgIpc) is 2.22. The van der Waals surface area contributed by atoms with Gasteiger partial charge in [-0.15, -0.1) is 11.6 Å². The Kier molecular flexibility index (Phi) is 4.54. The predicted molar refractivity (Wildman–Crippen MR) is 58.1 cm³/mol. The van der Waals surface area contributed by atoms with Gasteiger partial charge in [0.1, 0.15) is 6.04 Å². The lowest BCUT2D eigenvalue weighted by molar-refractivity contribution is -0.127. The van der Waals surface area contributed by atoms with Gasteiger partial charge in [-0.2, -0.15) is 0 Å². The normalized spacial score (nSPS) is 20.2. The molecule has 7 heteroatoms. The van der Waals surface area contributed by atoms with Gasteiger partial charge in [0.05, 0.1) is 0 Å². The van der Waals surface area contributed by atoms with Crippen LogP contribution in [0.2, 0.25) is 0 Å². The van der Waals surface area contributed by atoms with E-state index >= 15 is 0 Å². The number of rotatable bonds is 2. The van der Waals surface area contributed by atoms with E-state index in [1.54, 1.807) is 6.92 Å². The predicted octanol–water partition coefficient (Wildman–Crippen LogP) is -0.328. The fraction of sp³-hybridized carbons (Fsp3) is 0.667. The molecule has 1 heterocycles. The molecule has 1 fully saturated rings. The molecule has 0 radical (unpaired) electrons. The second-order valence-electron chi connectivity index (χ2n) is 3.45. The van der Waals surface area contributed by atoms with Gasteiger partial charge < -0.3 is 10.2 Å². The Morgan fingerprint density at radius 2 is 2.31 bits per heavy atom. The molecule has 2 N–H and O–H groups in total. The summed E-state index contributed by atoms with van der Waals surface area (Å²) in [6.45, 7) is 2.41. The van der Waals surface area contributed by atoms with Crippen molar-refractivity contribution in [3.8, 4) is 0 Å². The van der Waals surface area contributed by atoms with Crippen molar-refractivity contribution in [1.29, 1.82) is 0 Å². The molecule has 0 bridgehead atoms. The number of halogens is 1. The summed E-state index contributed by atoms with van der Waals surface area (Å²) >= 11 is 5.37. The number of hydrogen-bond donors (Lipinski definition) is 2. The van der Waals surface area contributed by atoms with E-state index < -0.39 is 18.0 Å². The molecule has 1 aliphatic rings. The van der Waals surface area contributed by atoms with E-state index in [1.165, 1.54) is 4.90 Å². The van der Waals surface area contributed by atoms with E-state index in [4.69, 9.17) is 11.6 Å². The summed E-state index contributed by atoms with van der Waals surface area (Å²) in [5, 5.41) is 4.81. The van der Waals surface area contributed by atoms with Crippen LogP contribution in [0.1, 0.15) is 13.3 Å². The molecule has 90 valence electrons. The molecule has 0 spiro atoms. The molecule has 16 heavy (non-hydrogen) atoms. The van der Waals surface area contributed by atoms with Crippen molar-refractivity contribution >= 4 is 29.4 Å². The van der Waals surface area contributed by atoms with Crippen molar-refractivity contribution in [2.75, 3.05) is 19.0 Å².